The number of carbonyl (C=O) groups is 4. The van der Waals surface area contributed by atoms with Crippen LogP contribution in [0, 0.1) is 0 Å². The number of ether oxygens (including phenoxy) is 3. The second kappa shape index (κ2) is 10.8. The summed E-state index contributed by atoms with van der Waals surface area (Å²) in [5.41, 5.74) is 0.855. The van der Waals surface area contributed by atoms with E-state index in [2.05, 4.69) is 14.8 Å². The Balaban J connectivity index is 2.16. The maximum Gasteiger partial charge on any atom is 0.410 e. The smallest absolute Gasteiger partial charge is 0.410 e. The molecule has 0 spiro atoms. The first-order valence-electron chi connectivity index (χ1n) is 7.69. The van der Waals surface area contributed by atoms with E-state index < -0.39 is 24.3 Å². The van der Waals surface area contributed by atoms with Crippen LogP contribution < -0.4 is 5.32 Å². The van der Waals surface area contributed by atoms with Gasteiger partial charge in [-0.1, -0.05) is 30.3 Å². The molecule has 8 heteroatoms. The third kappa shape index (κ3) is 9.75. The van der Waals surface area contributed by atoms with Gasteiger partial charge >= 0.3 is 18.0 Å². The Morgan fingerprint density at radius 3 is 2.36 bits per heavy atom. The molecule has 0 saturated heterocycles. The Morgan fingerprint density at radius 1 is 1.04 bits per heavy atom. The Kier molecular flexibility index (Phi) is 8.70. The average Bonchev–Trinajstić information content (AvgIpc) is 2.56. The third-order valence-corrected chi connectivity index (χ3v) is 2.89. The fraction of sp³-hybridized carbons (Fsp3) is 0.412. The highest BCUT2D eigenvalue weighted by Crippen LogP contribution is 2.03. The average molecular weight is 351 g/mol. The minimum absolute atomic E-state index is 0.0621. The number of benzene rings is 1. The van der Waals surface area contributed by atoms with E-state index in [-0.39, 0.29) is 31.8 Å². The van der Waals surface area contributed by atoms with Crippen LogP contribution in [-0.4, -0.2) is 36.6 Å². The lowest BCUT2D eigenvalue weighted by Gasteiger charge is -2.13. The van der Waals surface area contributed by atoms with Crippen LogP contribution in [0.4, 0.5) is 4.79 Å². The number of ketones is 1. The monoisotopic (exact) mass is 351 g/mol. The third-order valence-electron chi connectivity index (χ3n) is 2.89. The second-order valence-corrected chi connectivity index (χ2v) is 5.12. The lowest BCUT2D eigenvalue weighted by Crippen LogP contribution is -2.33. The van der Waals surface area contributed by atoms with Crippen molar-refractivity contribution in [2.24, 2.45) is 0 Å². The standard InChI is InChI=1S/C17H21NO7/c1-12(19)24-13(2)25-17(22)18-10-15(20)8-9-16(21)23-11-14-6-4-3-5-7-14/h3-7,13H,8-11H2,1-2H3,(H,18,22). The predicted molar refractivity (Wildman–Crippen MR) is 86.2 cm³/mol. The van der Waals surface area contributed by atoms with Crippen LogP contribution in [0.5, 0.6) is 0 Å². The lowest BCUT2D eigenvalue weighted by atomic mass is 10.2. The number of rotatable bonds is 9. The molecule has 0 fully saturated rings. The SMILES string of the molecule is CC(=O)OC(C)OC(=O)NCC(=O)CCC(=O)OCc1ccccc1. The van der Waals surface area contributed by atoms with E-state index in [0.29, 0.717) is 0 Å². The van der Waals surface area contributed by atoms with Crippen LogP contribution >= 0.6 is 0 Å². The molecule has 8 nitrogen and oxygen atoms in total. The van der Waals surface area contributed by atoms with E-state index in [1.54, 1.807) is 0 Å². The highest BCUT2D eigenvalue weighted by molar-refractivity contribution is 5.86. The molecule has 1 N–H and O–H groups in total. The molecule has 0 bridgehead atoms. The maximum atomic E-state index is 11.6. The highest BCUT2D eigenvalue weighted by atomic mass is 16.7. The molecule has 0 heterocycles. The summed E-state index contributed by atoms with van der Waals surface area (Å²) in [5.74, 6) is -1.44. The van der Waals surface area contributed by atoms with Crippen molar-refractivity contribution in [3.8, 4) is 0 Å². The van der Waals surface area contributed by atoms with Crippen LogP contribution in [0.3, 0.4) is 0 Å². The maximum absolute atomic E-state index is 11.6. The summed E-state index contributed by atoms with van der Waals surface area (Å²) in [7, 11) is 0. The summed E-state index contributed by atoms with van der Waals surface area (Å²) in [5, 5.41) is 2.21. The van der Waals surface area contributed by atoms with Crippen molar-refractivity contribution in [2.75, 3.05) is 6.54 Å². The van der Waals surface area contributed by atoms with Crippen molar-refractivity contribution < 1.29 is 33.4 Å². The zero-order chi connectivity index (χ0) is 18.7. The molecule has 0 aliphatic rings. The van der Waals surface area contributed by atoms with Gasteiger partial charge in [-0.05, 0) is 5.56 Å². The number of carbonyl (C=O) groups excluding carboxylic acids is 4. The van der Waals surface area contributed by atoms with Gasteiger partial charge in [0.2, 0.25) is 6.29 Å². The molecule has 0 aromatic heterocycles. The zero-order valence-corrected chi connectivity index (χ0v) is 14.2. The fourth-order valence-electron chi connectivity index (χ4n) is 1.76. The number of nitrogens with one attached hydrogen (secondary N) is 1. The van der Waals surface area contributed by atoms with Gasteiger partial charge in [0, 0.05) is 20.3 Å². The predicted octanol–water partition coefficient (Wildman–Crippen LogP) is 1.71. The first kappa shape index (κ1) is 20.1. The van der Waals surface area contributed by atoms with Crippen molar-refractivity contribution in [3.05, 3.63) is 35.9 Å². The number of hydrogen-bond acceptors (Lipinski definition) is 7. The van der Waals surface area contributed by atoms with Gasteiger partial charge in [0.15, 0.2) is 5.78 Å². The number of Topliss-reactive ketones (excluding diaryl/α,β-unsaturated/α-hetero) is 1. The van der Waals surface area contributed by atoms with Gasteiger partial charge in [-0.25, -0.2) is 4.79 Å². The van der Waals surface area contributed by atoms with Gasteiger partial charge < -0.3 is 19.5 Å². The van der Waals surface area contributed by atoms with E-state index in [9.17, 15) is 19.2 Å². The quantitative estimate of drug-likeness (QED) is 0.533. The Hall–Kier alpha value is -2.90. The molecule has 0 aliphatic heterocycles. The summed E-state index contributed by atoms with van der Waals surface area (Å²) >= 11 is 0. The van der Waals surface area contributed by atoms with E-state index in [4.69, 9.17) is 4.74 Å². The summed E-state index contributed by atoms with van der Waals surface area (Å²) in [6.07, 6.45) is -2.09. The van der Waals surface area contributed by atoms with E-state index in [1.807, 2.05) is 30.3 Å². The summed E-state index contributed by atoms with van der Waals surface area (Å²) in [4.78, 5) is 45.2. The molecule has 1 aromatic rings. The van der Waals surface area contributed by atoms with Crippen LogP contribution in [0.1, 0.15) is 32.3 Å². The van der Waals surface area contributed by atoms with E-state index in [0.717, 1.165) is 5.56 Å². The van der Waals surface area contributed by atoms with Crippen molar-refractivity contribution >= 4 is 23.8 Å². The minimum Gasteiger partial charge on any atom is -0.461 e. The van der Waals surface area contributed by atoms with Crippen LogP contribution in [-0.2, 0) is 35.2 Å². The second-order valence-electron chi connectivity index (χ2n) is 5.12. The lowest BCUT2D eigenvalue weighted by molar-refractivity contribution is -0.162. The number of amides is 1. The minimum atomic E-state index is -1.06. The van der Waals surface area contributed by atoms with Crippen molar-refractivity contribution in [1.82, 2.24) is 5.32 Å². The molecule has 1 rings (SSSR count). The highest BCUT2D eigenvalue weighted by Gasteiger charge is 2.13. The van der Waals surface area contributed by atoms with Crippen molar-refractivity contribution in [2.45, 2.75) is 39.6 Å². The number of hydrogen-bond donors (Lipinski definition) is 1. The molecule has 136 valence electrons. The van der Waals surface area contributed by atoms with Gasteiger partial charge in [0.1, 0.15) is 6.61 Å². The molecule has 0 aliphatic carbocycles. The largest absolute Gasteiger partial charge is 0.461 e. The normalized spacial score (nSPS) is 11.1. The van der Waals surface area contributed by atoms with Crippen molar-refractivity contribution in [3.63, 3.8) is 0 Å². The molecule has 0 saturated carbocycles. The molecule has 1 amide bonds. The van der Waals surface area contributed by atoms with Gasteiger partial charge in [-0.2, -0.15) is 0 Å². The molecule has 0 radical (unpaired) electrons. The first-order valence-corrected chi connectivity index (χ1v) is 7.69. The summed E-state index contributed by atoms with van der Waals surface area (Å²) < 4.78 is 14.3. The Labute approximate surface area is 145 Å². The Bertz CT molecular complexity index is 600. The number of esters is 2. The van der Waals surface area contributed by atoms with E-state index >= 15 is 0 Å². The van der Waals surface area contributed by atoms with Crippen molar-refractivity contribution in [1.29, 1.82) is 0 Å². The fourth-order valence-corrected chi connectivity index (χ4v) is 1.76. The van der Waals surface area contributed by atoms with E-state index in [1.165, 1.54) is 13.8 Å². The van der Waals surface area contributed by atoms with Crippen LogP contribution in [0.15, 0.2) is 30.3 Å². The number of alkyl carbamates (subject to hydrolysis) is 1. The topological polar surface area (TPSA) is 108 Å². The van der Waals surface area contributed by atoms with Crippen LogP contribution in [0.25, 0.3) is 0 Å². The van der Waals surface area contributed by atoms with Gasteiger partial charge in [-0.3, -0.25) is 14.4 Å². The summed E-state index contributed by atoms with van der Waals surface area (Å²) in [6.45, 7) is 2.40. The van der Waals surface area contributed by atoms with Gasteiger partial charge in [0.25, 0.3) is 0 Å². The first-order chi connectivity index (χ1) is 11.9. The molecular weight excluding hydrogens is 330 g/mol. The molecule has 1 aromatic carbocycles. The Morgan fingerprint density at radius 2 is 1.72 bits per heavy atom. The molecular formula is C17H21NO7. The zero-order valence-electron chi connectivity index (χ0n) is 14.2. The molecule has 25 heavy (non-hydrogen) atoms. The van der Waals surface area contributed by atoms with Crippen LogP contribution in [0.2, 0.25) is 0 Å². The van der Waals surface area contributed by atoms with Gasteiger partial charge in [0.05, 0.1) is 13.0 Å². The molecule has 1 unspecified atom stereocenters. The van der Waals surface area contributed by atoms with Gasteiger partial charge in [-0.15, -0.1) is 0 Å². The summed E-state index contributed by atoms with van der Waals surface area (Å²) in [6, 6.07) is 9.17. The molecule has 1 atom stereocenters.